The molecule has 1 aromatic rings. The molecular formula is C20H27N3O5. The number of carbonyl (C=O) groups is 3. The second-order valence-corrected chi connectivity index (χ2v) is 6.47. The number of urea groups is 1. The van der Waals surface area contributed by atoms with Crippen molar-refractivity contribution in [2.75, 3.05) is 32.2 Å². The highest BCUT2D eigenvalue weighted by molar-refractivity contribution is 5.95. The number of benzene rings is 1. The molecule has 8 heteroatoms. The van der Waals surface area contributed by atoms with E-state index in [9.17, 15) is 14.4 Å². The molecule has 1 aliphatic heterocycles. The van der Waals surface area contributed by atoms with Crippen LogP contribution in [0.2, 0.25) is 0 Å². The zero-order chi connectivity index (χ0) is 20.7. The molecule has 0 aromatic heterocycles. The van der Waals surface area contributed by atoms with Crippen LogP contribution in [0.15, 0.2) is 35.5 Å². The van der Waals surface area contributed by atoms with Gasteiger partial charge in [0.2, 0.25) is 5.91 Å². The number of rotatable bonds is 8. The van der Waals surface area contributed by atoms with Gasteiger partial charge in [-0.1, -0.05) is 19.1 Å². The highest BCUT2D eigenvalue weighted by Gasteiger charge is 2.36. The fourth-order valence-electron chi connectivity index (χ4n) is 3.08. The number of nitrogens with zero attached hydrogens (tertiary/aromatic N) is 1. The molecule has 152 valence electrons. The van der Waals surface area contributed by atoms with Crippen LogP contribution in [-0.2, 0) is 19.1 Å². The average molecular weight is 389 g/mol. The van der Waals surface area contributed by atoms with Gasteiger partial charge in [-0.15, -0.1) is 0 Å². The van der Waals surface area contributed by atoms with Crippen LogP contribution in [0.1, 0.15) is 38.8 Å². The summed E-state index contributed by atoms with van der Waals surface area (Å²) < 4.78 is 10.3. The summed E-state index contributed by atoms with van der Waals surface area (Å²) in [7, 11) is 1.53. The van der Waals surface area contributed by atoms with E-state index in [-0.39, 0.29) is 25.2 Å². The quantitative estimate of drug-likeness (QED) is 0.526. The Morgan fingerprint density at radius 1 is 1.29 bits per heavy atom. The third-order valence-corrected chi connectivity index (χ3v) is 4.32. The molecule has 0 radical (unpaired) electrons. The molecule has 2 N–H and O–H groups in total. The van der Waals surface area contributed by atoms with Crippen molar-refractivity contribution in [3.63, 3.8) is 0 Å². The van der Waals surface area contributed by atoms with E-state index in [4.69, 9.17) is 9.47 Å². The van der Waals surface area contributed by atoms with Crippen molar-refractivity contribution in [2.24, 2.45) is 0 Å². The molecule has 0 aliphatic carbocycles. The Kier molecular flexibility index (Phi) is 7.57. The molecular weight excluding hydrogens is 362 g/mol. The van der Waals surface area contributed by atoms with Gasteiger partial charge in [-0.3, -0.25) is 9.69 Å². The maximum atomic E-state index is 12.8. The molecule has 0 fully saturated rings. The number of anilines is 1. The first kappa shape index (κ1) is 21.4. The van der Waals surface area contributed by atoms with Gasteiger partial charge in [-0.05, 0) is 31.0 Å². The molecule has 1 heterocycles. The van der Waals surface area contributed by atoms with Crippen LogP contribution in [-0.4, -0.2) is 49.7 Å². The largest absolute Gasteiger partial charge is 0.460 e. The number of hydrogen-bond donors (Lipinski definition) is 2. The van der Waals surface area contributed by atoms with Crippen LogP contribution in [0.3, 0.4) is 0 Å². The fraction of sp³-hybridized carbons (Fsp3) is 0.450. The van der Waals surface area contributed by atoms with Gasteiger partial charge in [0, 0.05) is 32.0 Å². The lowest BCUT2D eigenvalue weighted by Crippen LogP contribution is -2.48. The summed E-state index contributed by atoms with van der Waals surface area (Å²) in [5.74, 6) is -0.713. The summed E-state index contributed by atoms with van der Waals surface area (Å²) in [5.41, 5.74) is 2.18. The lowest BCUT2D eigenvalue weighted by Gasteiger charge is -2.35. The predicted octanol–water partition coefficient (Wildman–Crippen LogP) is 2.58. The SMILES string of the molecule is CCCN1C(=O)NC(c2cccc(NC(C)=O)c2)C(C(=O)OCCOC)=C1C. The maximum absolute atomic E-state index is 12.8. The fourth-order valence-corrected chi connectivity index (χ4v) is 3.08. The third kappa shape index (κ3) is 5.10. The highest BCUT2D eigenvalue weighted by atomic mass is 16.6. The van der Waals surface area contributed by atoms with E-state index in [1.807, 2.05) is 6.92 Å². The van der Waals surface area contributed by atoms with E-state index < -0.39 is 12.0 Å². The van der Waals surface area contributed by atoms with E-state index in [1.54, 1.807) is 36.1 Å². The number of methoxy groups -OCH3 is 1. The van der Waals surface area contributed by atoms with Gasteiger partial charge in [0.15, 0.2) is 0 Å². The Labute approximate surface area is 164 Å². The summed E-state index contributed by atoms with van der Waals surface area (Å²) in [5, 5.41) is 5.60. The molecule has 0 saturated carbocycles. The first-order valence-electron chi connectivity index (χ1n) is 9.21. The molecule has 1 aliphatic rings. The van der Waals surface area contributed by atoms with Crippen LogP contribution < -0.4 is 10.6 Å². The zero-order valence-corrected chi connectivity index (χ0v) is 16.7. The lowest BCUT2D eigenvalue weighted by atomic mass is 9.94. The minimum Gasteiger partial charge on any atom is -0.460 e. The molecule has 1 atom stereocenters. The molecule has 3 amide bonds. The molecule has 1 unspecified atom stereocenters. The number of esters is 1. The van der Waals surface area contributed by atoms with Gasteiger partial charge in [0.25, 0.3) is 0 Å². The van der Waals surface area contributed by atoms with E-state index >= 15 is 0 Å². The zero-order valence-electron chi connectivity index (χ0n) is 16.7. The van der Waals surface area contributed by atoms with E-state index in [0.717, 1.165) is 6.42 Å². The summed E-state index contributed by atoms with van der Waals surface area (Å²) in [4.78, 5) is 38.3. The Balaban J connectivity index is 2.43. The van der Waals surface area contributed by atoms with Crippen molar-refractivity contribution in [2.45, 2.75) is 33.2 Å². The highest BCUT2D eigenvalue weighted by Crippen LogP contribution is 2.32. The van der Waals surface area contributed by atoms with Crippen LogP contribution >= 0.6 is 0 Å². The minimum absolute atomic E-state index is 0.118. The van der Waals surface area contributed by atoms with Crippen molar-refractivity contribution < 1.29 is 23.9 Å². The van der Waals surface area contributed by atoms with Crippen LogP contribution in [0, 0.1) is 0 Å². The second kappa shape index (κ2) is 9.89. The summed E-state index contributed by atoms with van der Waals surface area (Å²) in [6.07, 6.45) is 0.749. The number of nitrogens with one attached hydrogen (secondary N) is 2. The second-order valence-electron chi connectivity index (χ2n) is 6.47. The lowest BCUT2D eigenvalue weighted by molar-refractivity contribution is -0.141. The predicted molar refractivity (Wildman–Crippen MR) is 105 cm³/mol. The molecule has 2 rings (SSSR count). The van der Waals surface area contributed by atoms with Crippen molar-refractivity contribution in [3.05, 3.63) is 41.1 Å². The Morgan fingerprint density at radius 3 is 2.68 bits per heavy atom. The van der Waals surface area contributed by atoms with Crippen molar-refractivity contribution in [1.82, 2.24) is 10.2 Å². The molecule has 28 heavy (non-hydrogen) atoms. The van der Waals surface area contributed by atoms with Gasteiger partial charge >= 0.3 is 12.0 Å². The van der Waals surface area contributed by atoms with Gasteiger partial charge in [0.05, 0.1) is 18.2 Å². The smallest absolute Gasteiger partial charge is 0.338 e. The Bertz CT molecular complexity index is 775. The Morgan fingerprint density at radius 2 is 2.04 bits per heavy atom. The van der Waals surface area contributed by atoms with Crippen molar-refractivity contribution >= 4 is 23.6 Å². The molecule has 8 nitrogen and oxygen atoms in total. The number of carbonyl (C=O) groups excluding carboxylic acids is 3. The average Bonchev–Trinajstić information content (AvgIpc) is 2.64. The van der Waals surface area contributed by atoms with Gasteiger partial charge in [-0.2, -0.15) is 0 Å². The number of amides is 3. The van der Waals surface area contributed by atoms with E-state index in [1.165, 1.54) is 14.0 Å². The first-order valence-corrected chi connectivity index (χ1v) is 9.21. The van der Waals surface area contributed by atoms with E-state index in [2.05, 4.69) is 10.6 Å². The van der Waals surface area contributed by atoms with Crippen LogP contribution in [0.4, 0.5) is 10.5 Å². The Hall–Kier alpha value is -2.87. The monoisotopic (exact) mass is 389 g/mol. The summed E-state index contributed by atoms with van der Waals surface area (Å²) in [6.45, 7) is 6.01. The molecule has 0 spiro atoms. The van der Waals surface area contributed by atoms with Crippen LogP contribution in [0.5, 0.6) is 0 Å². The molecule has 1 aromatic carbocycles. The maximum Gasteiger partial charge on any atom is 0.338 e. The van der Waals surface area contributed by atoms with Gasteiger partial charge in [0.1, 0.15) is 6.61 Å². The van der Waals surface area contributed by atoms with E-state index in [0.29, 0.717) is 29.1 Å². The third-order valence-electron chi connectivity index (χ3n) is 4.32. The first-order chi connectivity index (χ1) is 13.4. The van der Waals surface area contributed by atoms with Gasteiger partial charge < -0.3 is 20.1 Å². The number of ether oxygens (including phenoxy) is 2. The normalized spacial score (nSPS) is 16.6. The van der Waals surface area contributed by atoms with Gasteiger partial charge in [-0.25, -0.2) is 9.59 Å². The standard InChI is InChI=1S/C20H27N3O5/c1-5-9-23-13(2)17(19(25)28-11-10-27-4)18(22-20(23)26)15-7-6-8-16(12-15)21-14(3)24/h6-8,12,18H,5,9-11H2,1-4H3,(H,21,24)(H,22,26). The van der Waals surface area contributed by atoms with Crippen molar-refractivity contribution in [3.8, 4) is 0 Å². The molecule has 0 bridgehead atoms. The van der Waals surface area contributed by atoms with Crippen molar-refractivity contribution in [1.29, 1.82) is 0 Å². The van der Waals surface area contributed by atoms with Crippen LogP contribution in [0.25, 0.3) is 0 Å². The topological polar surface area (TPSA) is 97.0 Å². The minimum atomic E-state index is -0.677. The number of hydrogen-bond acceptors (Lipinski definition) is 5. The summed E-state index contributed by atoms with van der Waals surface area (Å²) in [6, 6.07) is 6.08. The number of allylic oxidation sites excluding steroid dienone is 1. The summed E-state index contributed by atoms with van der Waals surface area (Å²) >= 11 is 0. The molecule has 0 saturated heterocycles.